The Hall–Kier alpha value is -2.87. The Morgan fingerprint density at radius 3 is 2.29 bits per heavy atom. The molecule has 0 radical (unpaired) electrons. The van der Waals surface area contributed by atoms with Gasteiger partial charge in [0.05, 0.1) is 5.56 Å². The van der Waals surface area contributed by atoms with Gasteiger partial charge in [0.1, 0.15) is 11.9 Å². The number of aromatic nitrogens is 1. The van der Waals surface area contributed by atoms with Crippen molar-refractivity contribution in [2.24, 2.45) is 0 Å². The predicted molar refractivity (Wildman–Crippen MR) is 111 cm³/mol. The summed E-state index contributed by atoms with van der Waals surface area (Å²) in [5.74, 6) is 1.08. The minimum absolute atomic E-state index is 0.151. The molecule has 1 aromatic heterocycles. The molecule has 0 saturated carbocycles. The molecule has 1 fully saturated rings. The Morgan fingerprint density at radius 1 is 1.07 bits per heavy atom. The molecule has 0 bridgehead atoms. The highest BCUT2D eigenvalue weighted by molar-refractivity contribution is 5.76. The largest absolute Gasteiger partial charge is 0.353 e. The quantitative estimate of drug-likeness (QED) is 0.819. The van der Waals surface area contributed by atoms with Crippen LogP contribution >= 0.6 is 0 Å². The van der Waals surface area contributed by atoms with E-state index in [4.69, 9.17) is 5.26 Å². The van der Waals surface area contributed by atoms with Crippen molar-refractivity contribution < 1.29 is 4.79 Å². The summed E-state index contributed by atoms with van der Waals surface area (Å²) < 4.78 is 0. The van der Waals surface area contributed by atoms with Crippen LogP contribution in [0.1, 0.15) is 43.9 Å². The average molecular weight is 377 g/mol. The number of anilines is 1. The molecule has 1 aliphatic rings. The van der Waals surface area contributed by atoms with Crippen LogP contribution in [0.25, 0.3) is 0 Å². The van der Waals surface area contributed by atoms with Gasteiger partial charge in [0.25, 0.3) is 0 Å². The molecule has 0 aliphatic carbocycles. The van der Waals surface area contributed by atoms with E-state index < -0.39 is 0 Å². The zero-order valence-electron chi connectivity index (χ0n) is 17.0. The van der Waals surface area contributed by atoms with E-state index in [1.54, 1.807) is 12.3 Å². The van der Waals surface area contributed by atoms with Crippen LogP contribution in [0.3, 0.4) is 0 Å². The molecular formula is C23H28N4O. The number of pyridine rings is 1. The van der Waals surface area contributed by atoms with Gasteiger partial charge in [-0.25, -0.2) is 4.98 Å². The summed E-state index contributed by atoms with van der Waals surface area (Å²) >= 11 is 0. The van der Waals surface area contributed by atoms with Gasteiger partial charge >= 0.3 is 0 Å². The molecule has 0 atom stereocenters. The van der Waals surface area contributed by atoms with Gasteiger partial charge in [-0.2, -0.15) is 5.26 Å². The predicted octanol–water partition coefficient (Wildman–Crippen LogP) is 3.53. The zero-order valence-corrected chi connectivity index (χ0v) is 17.0. The molecule has 3 rings (SSSR count). The Labute approximate surface area is 167 Å². The molecule has 0 spiro atoms. The number of nitriles is 1. The topological polar surface area (TPSA) is 60.2 Å². The number of hydrogen-bond acceptors (Lipinski definition) is 4. The van der Waals surface area contributed by atoms with Crippen molar-refractivity contribution >= 4 is 11.7 Å². The van der Waals surface area contributed by atoms with Gasteiger partial charge in [0, 0.05) is 38.8 Å². The fourth-order valence-electron chi connectivity index (χ4n) is 3.40. The minimum Gasteiger partial charge on any atom is -0.353 e. The van der Waals surface area contributed by atoms with Crippen molar-refractivity contribution in [3.63, 3.8) is 0 Å². The minimum atomic E-state index is 0.151. The lowest BCUT2D eigenvalue weighted by Gasteiger charge is -2.35. The Morgan fingerprint density at radius 2 is 1.75 bits per heavy atom. The Kier molecular flexibility index (Phi) is 5.99. The van der Waals surface area contributed by atoms with E-state index in [2.05, 4.69) is 61.0 Å². The molecule has 2 aromatic rings. The van der Waals surface area contributed by atoms with Gasteiger partial charge < -0.3 is 9.80 Å². The summed E-state index contributed by atoms with van der Waals surface area (Å²) in [4.78, 5) is 21.0. The van der Waals surface area contributed by atoms with Crippen LogP contribution in [0.15, 0.2) is 42.6 Å². The molecule has 146 valence electrons. The van der Waals surface area contributed by atoms with Crippen molar-refractivity contribution in [1.29, 1.82) is 5.26 Å². The van der Waals surface area contributed by atoms with Gasteiger partial charge in [0.15, 0.2) is 0 Å². The highest BCUT2D eigenvalue weighted by atomic mass is 16.2. The van der Waals surface area contributed by atoms with E-state index in [1.807, 2.05) is 11.0 Å². The van der Waals surface area contributed by atoms with Gasteiger partial charge in [-0.1, -0.05) is 45.0 Å². The lowest BCUT2D eigenvalue weighted by atomic mass is 9.86. The molecule has 0 unspecified atom stereocenters. The summed E-state index contributed by atoms with van der Waals surface area (Å²) in [6, 6.07) is 14.4. The number of aryl methyl sites for hydroxylation is 1. The lowest BCUT2D eigenvalue weighted by Crippen LogP contribution is -2.49. The molecular weight excluding hydrogens is 348 g/mol. The van der Waals surface area contributed by atoms with E-state index >= 15 is 0 Å². The lowest BCUT2D eigenvalue weighted by molar-refractivity contribution is -0.131. The smallest absolute Gasteiger partial charge is 0.223 e. The van der Waals surface area contributed by atoms with E-state index in [9.17, 15) is 4.79 Å². The van der Waals surface area contributed by atoms with Crippen LogP contribution in [0.4, 0.5) is 5.82 Å². The molecule has 0 N–H and O–H groups in total. The second kappa shape index (κ2) is 8.43. The normalized spacial score (nSPS) is 14.6. The Balaban J connectivity index is 1.48. The molecule has 1 saturated heterocycles. The van der Waals surface area contributed by atoms with Crippen LogP contribution in [0.2, 0.25) is 0 Å². The maximum Gasteiger partial charge on any atom is 0.223 e. The standard InChI is InChI=1S/C23H28N4O/c1-23(2,3)20-8-4-18(5-9-20)7-11-22(28)27-14-12-26(13-15-27)21-10-6-19(16-24)17-25-21/h4-6,8-10,17H,7,11-15H2,1-3H3. The van der Waals surface area contributed by atoms with Crippen LogP contribution in [-0.4, -0.2) is 42.0 Å². The molecule has 1 amide bonds. The third kappa shape index (κ3) is 4.89. The third-order valence-corrected chi connectivity index (χ3v) is 5.28. The molecule has 28 heavy (non-hydrogen) atoms. The highest BCUT2D eigenvalue weighted by Gasteiger charge is 2.21. The second-order valence-electron chi connectivity index (χ2n) is 8.33. The SMILES string of the molecule is CC(C)(C)c1ccc(CCC(=O)N2CCN(c3ccc(C#N)cn3)CC2)cc1. The second-order valence-corrected chi connectivity index (χ2v) is 8.33. The first-order chi connectivity index (χ1) is 13.4. The molecule has 1 aromatic carbocycles. The summed E-state index contributed by atoms with van der Waals surface area (Å²) in [6.07, 6.45) is 2.92. The van der Waals surface area contributed by atoms with Gasteiger partial charge in [-0.15, -0.1) is 0 Å². The van der Waals surface area contributed by atoms with Crippen molar-refractivity contribution in [3.05, 3.63) is 59.3 Å². The fourth-order valence-corrected chi connectivity index (χ4v) is 3.40. The maximum atomic E-state index is 12.6. The van der Waals surface area contributed by atoms with E-state index in [0.717, 1.165) is 25.3 Å². The van der Waals surface area contributed by atoms with Crippen LogP contribution < -0.4 is 4.90 Å². The number of piperazine rings is 1. The fraction of sp³-hybridized carbons (Fsp3) is 0.435. The first-order valence-electron chi connectivity index (χ1n) is 9.85. The van der Waals surface area contributed by atoms with Crippen LogP contribution in [0.5, 0.6) is 0 Å². The van der Waals surface area contributed by atoms with Crippen molar-refractivity contribution in [2.45, 2.75) is 39.0 Å². The summed E-state index contributed by atoms with van der Waals surface area (Å²) in [7, 11) is 0. The van der Waals surface area contributed by atoms with Gasteiger partial charge in [0.2, 0.25) is 5.91 Å². The molecule has 5 heteroatoms. The number of hydrogen-bond donors (Lipinski definition) is 0. The number of benzene rings is 1. The summed E-state index contributed by atoms with van der Waals surface area (Å²) in [6.45, 7) is 9.58. The number of carbonyl (C=O) groups is 1. The van der Waals surface area contributed by atoms with Crippen molar-refractivity contribution in [3.8, 4) is 6.07 Å². The number of nitrogens with zero attached hydrogens (tertiary/aromatic N) is 4. The highest BCUT2D eigenvalue weighted by Crippen LogP contribution is 2.22. The monoisotopic (exact) mass is 376 g/mol. The van der Waals surface area contributed by atoms with E-state index in [-0.39, 0.29) is 11.3 Å². The van der Waals surface area contributed by atoms with Crippen LogP contribution in [0, 0.1) is 11.3 Å². The van der Waals surface area contributed by atoms with E-state index in [1.165, 1.54) is 11.1 Å². The van der Waals surface area contributed by atoms with Gasteiger partial charge in [-0.3, -0.25) is 4.79 Å². The Bertz CT molecular complexity index is 836. The third-order valence-electron chi connectivity index (χ3n) is 5.28. The summed E-state index contributed by atoms with van der Waals surface area (Å²) in [5.41, 5.74) is 3.24. The first-order valence-corrected chi connectivity index (χ1v) is 9.85. The molecule has 1 aliphatic heterocycles. The van der Waals surface area contributed by atoms with Crippen LogP contribution in [-0.2, 0) is 16.6 Å². The van der Waals surface area contributed by atoms with Gasteiger partial charge in [-0.05, 0) is 35.1 Å². The molecule has 2 heterocycles. The number of carbonyl (C=O) groups excluding carboxylic acids is 1. The molecule has 5 nitrogen and oxygen atoms in total. The van der Waals surface area contributed by atoms with Crippen molar-refractivity contribution in [1.82, 2.24) is 9.88 Å². The zero-order chi connectivity index (χ0) is 20.1. The number of rotatable bonds is 4. The van der Waals surface area contributed by atoms with E-state index in [0.29, 0.717) is 25.1 Å². The number of amides is 1. The summed E-state index contributed by atoms with van der Waals surface area (Å²) in [5, 5.41) is 8.87. The first kappa shape index (κ1) is 19.9. The maximum absolute atomic E-state index is 12.6. The van der Waals surface area contributed by atoms with Crippen molar-refractivity contribution in [2.75, 3.05) is 31.1 Å². The average Bonchev–Trinajstić information content (AvgIpc) is 2.72.